The lowest BCUT2D eigenvalue weighted by Gasteiger charge is -2.49. The molecule has 0 saturated heterocycles. The Kier molecular flexibility index (Phi) is 17.0. The number of carbonyl (C=O) groups is 2. The van der Waals surface area contributed by atoms with Crippen LogP contribution in [0.4, 0.5) is 0 Å². The molecule has 1 aromatic carbocycles. The summed E-state index contributed by atoms with van der Waals surface area (Å²) >= 11 is 0. The molecule has 0 spiro atoms. The van der Waals surface area contributed by atoms with Crippen LogP contribution in [0.3, 0.4) is 0 Å². The number of rotatable bonds is 24. The molecule has 314 valence electrons. The molecule has 0 aromatic heterocycles. The summed E-state index contributed by atoms with van der Waals surface area (Å²) in [6, 6.07) is -0.130. The number of carbonyl (C=O) groups excluding carboxylic acids is 2. The van der Waals surface area contributed by atoms with E-state index in [-0.39, 0.29) is 103 Å². The number of hydrogen-bond donors (Lipinski definition) is 3. The van der Waals surface area contributed by atoms with Crippen LogP contribution in [0, 0.1) is 51.8 Å². The molecule has 0 aliphatic carbocycles. The molecule has 0 aliphatic heterocycles. The molecule has 9 heteroatoms. The molecule has 9 nitrogen and oxygen atoms in total. The van der Waals surface area contributed by atoms with Gasteiger partial charge in [-0.15, -0.1) is 0 Å². The van der Waals surface area contributed by atoms with Crippen molar-refractivity contribution in [1.29, 1.82) is 0 Å². The maximum Gasteiger partial charge on any atom is 0.226 e. The fourth-order valence-corrected chi connectivity index (χ4v) is 7.53. The first kappa shape index (κ1) is 44.4. The molecule has 0 fully saturated rings. The van der Waals surface area contributed by atoms with Crippen molar-refractivity contribution in [2.24, 2.45) is 63.2 Å². The first-order valence-corrected chi connectivity index (χ1v) is 20.4. The van der Waals surface area contributed by atoms with Crippen molar-refractivity contribution in [3.05, 3.63) is 23.7 Å². The third kappa shape index (κ3) is 12.3. The first-order chi connectivity index (χ1) is 26.0. The highest BCUT2D eigenvalue weighted by Gasteiger charge is 2.50. The van der Waals surface area contributed by atoms with Crippen LogP contribution in [0.15, 0.2) is 18.1 Å². The Balaban J connectivity index is 3.81. The summed E-state index contributed by atoms with van der Waals surface area (Å²) in [6.45, 7) is 35.1. The van der Waals surface area contributed by atoms with E-state index in [0.29, 0.717) is 18.6 Å². The van der Waals surface area contributed by atoms with Crippen molar-refractivity contribution in [2.75, 3.05) is 33.5 Å². The minimum atomic E-state index is -0.993. The molecular formula is C45H83N3O6. The van der Waals surface area contributed by atoms with E-state index in [9.17, 15) is 12.3 Å². The Hall–Kier alpha value is -2.36. The second-order valence-electron chi connectivity index (χ2n) is 18.6. The molecule has 5 N–H and O–H groups in total. The van der Waals surface area contributed by atoms with Gasteiger partial charge in [0.2, 0.25) is 11.8 Å². The van der Waals surface area contributed by atoms with E-state index in [1.165, 1.54) is 0 Å². The lowest BCUT2D eigenvalue weighted by molar-refractivity contribution is -0.141. The predicted molar refractivity (Wildman–Crippen MR) is 224 cm³/mol. The topological polar surface area (TPSA) is 135 Å². The van der Waals surface area contributed by atoms with Gasteiger partial charge in [-0.1, -0.05) is 95.5 Å². The van der Waals surface area contributed by atoms with Crippen molar-refractivity contribution in [2.45, 2.75) is 154 Å². The Morgan fingerprint density at radius 1 is 0.870 bits per heavy atom. The zero-order valence-corrected chi connectivity index (χ0v) is 37.5. The molecule has 6 unspecified atom stereocenters. The van der Waals surface area contributed by atoms with Gasteiger partial charge in [0.15, 0.2) is 11.5 Å². The summed E-state index contributed by atoms with van der Waals surface area (Å²) in [7, 11) is 1.63. The standard InChI is InChI=1S/C45H83N3O6/c1-19-31(8)39(32(9)35-21-22-36(52-20-2)37(23-35)54-26-30(7)25-53-29(5)6)34(11)45(17,47)38(51-18)24-43(15,33(10)28(3)4)41(50)48-27-44(16,40(46)49)42(12,13)14/h21-23,28-34,38-39H,19-20,24-27,47H2,1-18H3,(H2,46,49)(H,48,50)/t30?,31?,32?,33?,34?,38-,39+,43+,44?,45+/m1/s1/i21D,22D,23D. The molecule has 1 rings (SSSR count). The Labute approximate surface area is 335 Å². The number of ether oxygens (including phenoxy) is 4. The third-order valence-electron chi connectivity index (χ3n) is 13.1. The van der Waals surface area contributed by atoms with Crippen LogP contribution < -0.4 is 26.3 Å². The van der Waals surface area contributed by atoms with Gasteiger partial charge in [0, 0.05) is 25.1 Å². The molecular weight excluding hydrogens is 679 g/mol. The van der Waals surface area contributed by atoms with Crippen LogP contribution in [0.1, 0.15) is 146 Å². The fraction of sp³-hybridized carbons (Fsp3) is 0.822. The summed E-state index contributed by atoms with van der Waals surface area (Å²) in [6.07, 6.45) is 0.605. The number of primary amides is 1. The van der Waals surface area contributed by atoms with E-state index in [2.05, 4.69) is 46.9 Å². The van der Waals surface area contributed by atoms with E-state index in [0.717, 1.165) is 6.42 Å². The number of methoxy groups -OCH3 is 1. The van der Waals surface area contributed by atoms with Gasteiger partial charge in [-0.2, -0.15) is 0 Å². The van der Waals surface area contributed by atoms with Crippen LogP contribution in [0.2, 0.25) is 0 Å². The number of amides is 2. The Morgan fingerprint density at radius 2 is 1.46 bits per heavy atom. The van der Waals surface area contributed by atoms with Crippen molar-refractivity contribution >= 4 is 11.8 Å². The zero-order chi connectivity index (χ0) is 44.6. The largest absolute Gasteiger partial charge is 0.490 e. The van der Waals surface area contributed by atoms with E-state index in [1.54, 1.807) is 14.0 Å². The average molecular weight is 765 g/mol. The van der Waals surface area contributed by atoms with Gasteiger partial charge >= 0.3 is 0 Å². The molecule has 0 aliphatic rings. The van der Waals surface area contributed by atoms with E-state index in [4.69, 9.17) is 31.8 Å². The molecule has 2 amide bonds. The highest BCUT2D eigenvalue weighted by atomic mass is 16.5. The van der Waals surface area contributed by atoms with E-state index < -0.39 is 33.8 Å². The second kappa shape index (κ2) is 20.7. The zero-order valence-electron chi connectivity index (χ0n) is 40.5. The van der Waals surface area contributed by atoms with Crippen LogP contribution in [-0.2, 0) is 19.1 Å². The maximum atomic E-state index is 14.5. The summed E-state index contributed by atoms with van der Waals surface area (Å²) in [4.78, 5) is 27.2. The minimum absolute atomic E-state index is 0.0150. The van der Waals surface area contributed by atoms with E-state index >= 15 is 0 Å². The number of benzene rings is 1. The normalized spacial score (nSPS) is 20.5. The molecule has 10 atom stereocenters. The molecule has 0 radical (unpaired) electrons. The molecule has 0 saturated carbocycles. The maximum absolute atomic E-state index is 14.5. The Bertz CT molecular complexity index is 1470. The average Bonchev–Trinajstić information content (AvgIpc) is 3.12. The van der Waals surface area contributed by atoms with E-state index in [1.807, 2.05) is 69.2 Å². The molecule has 54 heavy (non-hydrogen) atoms. The van der Waals surface area contributed by atoms with Crippen LogP contribution in [0.25, 0.3) is 0 Å². The molecule has 0 heterocycles. The number of nitrogens with one attached hydrogen (secondary N) is 1. The predicted octanol–water partition coefficient (Wildman–Crippen LogP) is 9.00. The highest BCUT2D eigenvalue weighted by molar-refractivity contribution is 5.85. The third-order valence-corrected chi connectivity index (χ3v) is 13.1. The summed E-state index contributed by atoms with van der Waals surface area (Å²) < 4.78 is 52.0. The van der Waals surface area contributed by atoms with Gasteiger partial charge in [0.1, 0.15) is 0 Å². The quantitative estimate of drug-likeness (QED) is 0.0957. The monoisotopic (exact) mass is 765 g/mol. The van der Waals surface area contributed by atoms with Gasteiger partial charge in [-0.25, -0.2) is 0 Å². The SMILES string of the molecule is [2H]c1c([2H])c(C(C)[C@H](C(C)CC)C(C)[C@](C)(N)[C@@H](C[C@](C)(C(=O)NCC(C)(C(N)=O)C(C)(C)C)C(C)C(C)C)OC)c([2H])c(OCC(C)COC(C)C)c1OCC. The van der Waals surface area contributed by atoms with Crippen LogP contribution in [0.5, 0.6) is 11.5 Å². The highest BCUT2D eigenvalue weighted by Crippen LogP contribution is 2.47. The van der Waals surface area contributed by atoms with Gasteiger partial charge < -0.3 is 35.7 Å². The van der Waals surface area contributed by atoms with Crippen molar-refractivity contribution < 1.29 is 32.6 Å². The van der Waals surface area contributed by atoms with Gasteiger partial charge in [-0.05, 0) is 99.6 Å². The van der Waals surface area contributed by atoms with Gasteiger partial charge in [-0.3, -0.25) is 9.59 Å². The van der Waals surface area contributed by atoms with Gasteiger partial charge in [0.05, 0.1) is 47.0 Å². The second-order valence-corrected chi connectivity index (χ2v) is 18.6. The van der Waals surface area contributed by atoms with Crippen molar-refractivity contribution in [3.8, 4) is 11.5 Å². The minimum Gasteiger partial charge on any atom is -0.490 e. The van der Waals surface area contributed by atoms with Crippen LogP contribution >= 0.6 is 0 Å². The summed E-state index contributed by atoms with van der Waals surface area (Å²) in [5, 5.41) is 3.13. The lowest BCUT2D eigenvalue weighted by Crippen LogP contribution is -2.60. The number of nitrogens with two attached hydrogens (primary N) is 2. The molecule has 0 bridgehead atoms. The number of hydrogen-bond acceptors (Lipinski definition) is 7. The smallest absolute Gasteiger partial charge is 0.226 e. The van der Waals surface area contributed by atoms with Gasteiger partial charge in [0.25, 0.3) is 0 Å². The molecule has 1 aromatic rings. The first-order valence-electron chi connectivity index (χ1n) is 21.9. The van der Waals surface area contributed by atoms with Crippen molar-refractivity contribution in [1.82, 2.24) is 5.32 Å². The van der Waals surface area contributed by atoms with Crippen molar-refractivity contribution in [3.63, 3.8) is 0 Å². The Morgan fingerprint density at radius 3 is 1.93 bits per heavy atom. The summed E-state index contributed by atoms with van der Waals surface area (Å²) in [5.41, 5.74) is 10.4. The fourth-order valence-electron chi connectivity index (χ4n) is 7.53. The van der Waals surface area contributed by atoms with Crippen LogP contribution in [-0.4, -0.2) is 63.0 Å². The lowest BCUT2D eigenvalue weighted by atomic mass is 9.61. The summed E-state index contributed by atoms with van der Waals surface area (Å²) in [5.74, 6) is -1.01.